The van der Waals surface area contributed by atoms with Crippen LogP contribution in [0.4, 0.5) is 5.69 Å². The first kappa shape index (κ1) is 15.5. The molecule has 4 rings (SSSR count). The molecule has 0 N–H and O–H groups in total. The van der Waals surface area contributed by atoms with Gasteiger partial charge in [-0.1, -0.05) is 18.2 Å². The second-order valence-electron chi connectivity index (χ2n) is 6.14. The molecule has 1 saturated heterocycles. The molecule has 1 aliphatic heterocycles. The normalized spacial score (nSPS) is 17.4. The second-order valence-corrected chi connectivity index (χ2v) is 6.14. The van der Waals surface area contributed by atoms with Crippen molar-refractivity contribution in [2.24, 2.45) is 7.05 Å². The minimum Gasteiger partial charge on any atom is -0.495 e. The Morgan fingerprint density at radius 2 is 1.96 bits per heavy atom. The van der Waals surface area contributed by atoms with Gasteiger partial charge in [0.05, 0.1) is 24.4 Å². The van der Waals surface area contributed by atoms with Crippen LogP contribution >= 0.6 is 0 Å². The van der Waals surface area contributed by atoms with Crippen molar-refractivity contribution in [1.29, 1.82) is 0 Å². The second kappa shape index (κ2) is 5.81. The maximum atomic E-state index is 12.5. The molecule has 0 saturated carbocycles. The van der Waals surface area contributed by atoms with Crippen molar-refractivity contribution in [2.75, 3.05) is 12.0 Å². The molecule has 2 aromatic carbocycles. The lowest BCUT2D eigenvalue weighted by Gasteiger charge is -2.26. The fourth-order valence-corrected chi connectivity index (χ4v) is 3.49. The van der Waals surface area contributed by atoms with E-state index in [0.29, 0.717) is 24.2 Å². The van der Waals surface area contributed by atoms with E-state index in [4.69, 9.17) is 9.15 Å². The molecule has 0 unspecified atom stereocenters. The predicted octanol–water partition coefficient (Wildman–Crippen LogP) is 3.01. The van der Waals surface area contributed by atoms with Gasteiger partial charge in [-0.05, 0) is 36.2 Å². The van der Waals surface area contributed by atoms with Gasteiger partial charge in [-0.3, -0.25) is 9.36 Å². The van der Waals surface area contributed by atoms with Crippen LogP contribution in [0.1, 0.15) is 24.4 Å². The minimum atomic E-state index is -0.392. The Kier molecular flexibility index (Phi) is 3.60. The summed E-state index contributed by atoms with van der Waals surface area (Å²) in [5, 5.41) is 0. The van der Waals surface area contributed by atoms with Crippen LogP contribution in [0.2, 0.25) is 0 Å². The number of carbonyl (C=O) groups excluding carboxylic acids is 1. The number of hydrogen-bond donors (Lipinski definition) is 0. The molecule has 0 bridgehead atoms. The van der Waals surface area contributed by atoms with Crippen LogP contribution in [-0.2, 0) is 11.8 Å². The van der Waals surface area contributed by atoms with Gasteiger partial charge in [-0.15, -0.1) is 0 Å². The molecule has 2 heterocycles. The van der Waals surface area contributed by atoms with Gasteiger partial charge in [0.25, 0.3) is 0 Å². The number of methoxy groups -OCH3 is 1. The third-order valence-corrected chi connectivity index (χ3v) is 4.76. The van der Waals surface area contributed by atoms with Gasteiger partial charge in [0, 0.05) is 13.5 Å². The smallest absolute Gasteiger partial charge is 0.419 e. The lowest BCUT2D eigenvalue weighted by atomic mass is 10.0. The Balaban J connectivity index is 1.81. The molecular weight excluding hydrogens is 320 g/mol. The third kappa shape index (κ3) is 2.41. The summed E-state index contributed by atoms with van der Waals surface area (Å²) >= 11 is 0. The lowest BCUT2D eigenvalue weighted by molar-refractivity contribution is -0.117. The Labute approximate surface area is 144 Å². The van der Waals surface area contributed by atoms with E-state index >= 15 is 0 Å². The van der Waals surface area contributed by atoms with Crippen molar-refractivity contribution in [3.8, 4) is 5.75 Å². The first-order valence-electron chi connectivity index (χ1n) is 8.14. The lowest BCUT2D eigenvalue weighted by Crippen LogP contribution is -2.27. The zero-order chi connectivity index (χ0) is 17.6. The number of para-hydroxylation sites is 2. The summed E-state index contributed by atoms with van der Waals surface area (Å²) in [6.07, 6.45) is 1.18. The number of benzene rings is 2. The molecule has 1 aliphatic rings. The van der Waals surface area contributed by atoms with Crippen LogP contribution in [-0.4, -0.2) is 17.6 Å². The molecule has 6 heteroatoms. The number of hydrogen-bond acceptors (Lipinski definition) is 4. The molecule has 1 atom stereocenters. The molecule has 6 nitrogen and oxygen atoms in total. The molecule has 1 aromatic heterocycles. The summed E-state index contributed by atoms with van der Waals surface area (Å²) in [5.41, 5.74) is 2.97. The van der Waals surface area contributed by atoms with Crippen molar-refractivity contribution in [2.45, 2.75) is 18.9 Å². The molecule has 1 fully saturated rings. The van der Waals surface area contributed by atoms with E-state index in [1.165, 1.54) is 4.57 Å². The highest BCUT2D eigenvalue weighted by atomic mass is 16.5. The number of ether oxygens (including phenoxy) is 1. The predicted molar refractivity (Wildman–Crippen MR) is 93.9 cm³/mol. The first-order valence-corrected chi connectivity index (χ1v) is 8.14. The number of rotatable bonds is 3. The summed E-state index contributed by atoms with van der Waals surface area (Å²) in [6.45, 7) is 0. The zero-order valence-corrected chi connectivity index (χ0v) is 14.1. The fraction of sp³-hybridized carbons (Fsp3) is 0.263. The van der Waals surface area contributed by atoms with Crippen LogP contribution in [0.25, 0.3) is 11.1 Å². The summed E-state index contributed by atoms with van der Waals surface area (Å²) in [5.74, 6) is 0.329. The van der Waals surface area contributed by atoms with Gasteiger partial charge in [0.2, 0.25) is 5.91 Å². The Hall–Kier alpha value is -3.02. The summed E-state index contributed by atoms with van der Waals surface area (Å²) in [6, 6.07) is 13.0. The highest BCUT2D eigenvalue weighted by molar-refractivity contribution is 5.98. The number of anilines is 1. The van der Waals surface area contributed by atoms with E-state index in [0.717, 1.165) is 16.8 Å². The van der Waals surface area contributed by atoms with Crippen LogP contribution < -0.4 is 15.4 Å². The quantitative estimate of drug-likeness (QED) is 0.736. The van der Waals surface area contributed by atoms with Crippen molar-refractivity contribution in [1.82, 2.24) is 4.57 Å². The zero-order valence-electron chi connectivity index (χ0n) is 14.1. The van der Waals surface area contributed by atoms with E-state index in [9.17, 15) is 9.59 Å². The SMILES string of the molecule is COc1ccccc1N1C(=O)CC[C@H]1c1ccc2c(c1)oc(=O)n2C. The van der Waals surface area contributed by atoms with Crippen LogP contribution in [0.15, 0.2) is 51.7 Å². The molecule has 0 radical (unpaired) electrons. The van der Waals surface area contributed by atoms with Crippen LogP contribution in [0.3, 0.4) is 0 Å². The van der Waals surface area contributed by atoms with E-state index in [2.05, 4.69) is 0 Å². The number of amides is 1. The van der Waals surface area contributed by atoms with E-state index in [1.807, 2.05) is 42.5 Å². The van der Waals surface area contributed by atoms with Crippen molar-refractivity contribution < 1.29 is 13.9 Å². The Bertz CT molecular complexity index is 1020. The summed E-state index contributed by atoms with van der Waals surface area (Å²) in [7, 11) is 3.27. The van der Waals surface area contributed by atoms with Gasteiger partial charge in [0.15, 0.2) is 5.58 Å². The Morgan fingerprint density at radius 3 is 2.76 bits per heavy atom. The van der Waals surface area contributed by atoms with Crippen molar-refractivity contribution in [3.05, 3.63) is 58.6 Å². The number of oxazole rings is 1. The number of aromatic nitrogens is 1. The maximum absolute atomic E-state index is 12.5. The Morgan fingerprint density at radius 1 is 1.16 bits per heavy atom. The maximum Gasteiger partial charge on any atom is 0.419 e. The monoisotopic (exact) mass is 338 g/mol. The minimum absolute atomic E-state index is 0.0594. The van der Waals surface area contributed by atoms with E-state index in [1.54, 1.807) is 19.1 Å². The fourth-order valence-electron chi connectivity index (χ4n) is 3.49. The largest absolute Gasteiger partial charge is 0.495 e. The van der Waals surface area contributed by atoms with Crippen LogP contribution in [0, 0.1) is 0 Å². The number of nitrogens with zero attached hydrogens (tertiary/aromatic N) is 2. The molecule has 0 aliphatic carbocycles. The molecule has 25 heavy (non-hydrogen) atoms. The molecular formula is C19H18N2O4. The highest BCUT2D eigenvalue weighted by Gasteiger charge is 2.35. The van der Waals surface area contributed by atoms with Gasteiger partial charge < -0.3 is 14.1 Å². The highest BCUT2D eigenvalue weighted by Crippen LogP contribution is 2.41. The summed E-state index contributed by atoms with van der Waals surface area (Å²) < 4.78 is 12.2. The van der Waals surface area contributed by atoms with Gasteiger partial charge in [-0.25, -0.2) is 4.79 Å². The average molecular weight is 338 g/mol. The standard InChI is InChI=1S/C19H18N2O4/c1-20-14-8-7-12(11-17(14)25-19(20)23)13-9-10-18(22)21(13)15-5-3-4-6-16(15)24-2/h3-8,11,13H,9-10H2,1-2H3/t13-/m0/s1. The van der Waals surface area contributed by atoms with E-state index < -0.39 is 5.76 Å². The van der Waals surface area contributed by atoms with E-state index in [-0.39, 0.29) is 11.9 Å². The van der Waals surface area contributed by atoms with Gasteiger partial charge in [-0.2, -0.15) is 0 Å². The topological polar surface area (TPSA) is 64.7 Å². The molecule has 3 aromatic rings. The van der Waals surface area contributed by atoms with Gasteiger partial charge >= 0.3 is 5.76 Å². The van der Waals surface area contributed by atoms with Crippen molar-refractivity contribution >= 4 is 22.7 Å². The average Bonchev–Trinajstić information content (AvgIpc) is 3.14. The first-order chi connectivity index (χ1) is 12.1. The third-order valence-electron chi connectivity index (χ3n) is 4.76. The number of fused-ring (bicyclic) bond motifs is 1. The van der Waals surface area contributed by atoms with Crippen molar-refractivity contribution in [3.63, 3.8) is 0 Å². The molecule has 0 spiro atoms. The number of carbonyl (C=O) groups is 1. The summed E-state index contributed by atoms with van der Waals surface area (Å²) in [4.78, 5) is 26.0. The molecule has 1 amide bonds. The van der Waals surface area contributed by atoms with Gasteiger partial charge in [0.1, 0.15) is 5.75 Å². The molecule has 128 valence electrons. The number of aryl methyl sites for hydroxylation is 1. The van der Waals surface area contributed by atoms with Crippen LogP contribution in [0.5, 0.6) is 5.75 Å².